The molecule has 0 spiro atoms. The van der Waals surface area contributed by atoms with Crippen LogP contribution in [-0.2, 0) is 9.53 Å². The Morgan fingerprint density at radius 3 is 2.86 bits per heavy atom. The van der Waals surface area contributed by atoms with E-state index >= 15 is 0 Å². The molecule has 4 rings (SSSR count). The molecule has 1 unspecified atom stereocenters. The lowest BCUT2D eigenvalue weighted by Crippen LogP contribution is -2.31. The van der Waals surface area contributed by atoms with Crippen LogP contribution in [0.2, 0.25) is 0 Å². The van der Waals surface area contributed by atoms with Crippen molar-refractivity contribution in [2.45, 2.75) is 51.0 Å². The van der Waals surface area contributed by atoms with Crippen LogP contribution >= 0.6 is 0 Å². The van der Waals surface area contributed by atoms with Crippen LogP contribution in [0.25, 0.3) is 0 Å². The highest BCUT2D eigenvalue weighted by molar-refractivity contribution is 5.77. The molecular weight excluding hydrogens is 280 g/mol. The number of carbonyl (C=O) groups is 1. The van der Waals surface area contributed by atoms with Crippen molar-refractivity contribution < 1.29 is 9.53 Å². The van der Waals surface area contributed by atoms with E-state index in [1.165, 1.54) is 12.8 Å². The van der Waals surface area contributed by atoms with Crippen LogP contribution in [0, 0.1) is 18.8 Å². The molecule has 2 aliphatic heterocycles. The van der Waals surface area contributed by atoms with Crippen molar-refractivity contribution in [1.29, 1.82) is 0 Å². The second kappa shape index (κ2) is 5.65. The van der Waals surface area contributed by atoms with Gasteiger partial charge < -0.3 is 9.64 Å². The number of amides is 1. The summed E-state index contributed by atoms with van der Waals surface area (Å²) < 4.78 is 5.61. The molecule has 0 bridgehead atoms. The highest BCUT2D eigenvalue weighted by atomic mass is 16.5. The van der Waals surface area contributed by atoms with Gasteiger partial charge in [-0.15, -0.1) is 0 Å². The zero-order chi connectivity index (χ0) is 15.1. The van der Waals surface area contributed by atoms with Gasteiger partial charge in [0.2, 0.25) is 5.91 Å². The molecule has 1 aliphatic carbocycles. The SMILES string of the molecule is Cc1nc([C@@H]2CN(C(=O)CC3CCCO3)C[C@H]2C2CC2)n[nH]1. The van der Waals surface area contributed by atoms with Crippen LogP contribution in [0.1, 0.15) is 49.7 Å². The molecule has 1 N–H and O–H groups in total. The molecule has 120 valence electrons. The van der Waals surface area contributed by atoms with Gasteiger partial charge in [-0.3, -0.25) is 9.89 Å². The fraction of sp³-hybridized carbons (Fsp3) is 0.812. The molecule has 3 fully saturated rings. The summed E-state index contributed by atoms with van der Waals surface area (Å²) in [7, 11) is 0. The number of ether oxygens (including phenoxy) is 1. The summed E-state index contributed by atoms with van der Waals surface area (Å²) in [4.78, 5) is 19.1. The maximum absolute atomic E-state index is 12.6. The molecule has 1 amide bonds. The van der Waals surface area contributed by atoms with Gasteiger partial charge in [0.1, 0.15) is 5.82 Å². The summed E-state index contributed by atoms with van der Waals surface area (Å²) in [6, 6.07) is 0. The summed E-state index contributed by atoms with van der Waals surface area (Å²) in [6.45, 7) is 4.37. The molecule has 2 saturated heterocycles. The van der Waals surface area contributed by atoms with Gasteiger partial charge in [-0.25, -0.2) is 4.98 Å². The van der Waals surface area contributed by atoms with Gasteiger partial charge in [-0.2, -0.15) is 5.10 Å². The number of nitrogens with one attached hydrogen (secondary N) is 1. The van der Waals surface area contributed by atoms with Gasteiger partial charge in [0.05, 0.1) is 12.5 Å². The zero-order valence-corrected chi connectivity index (χ0v) is 13.1. The number of aromatic nitrogens is 3. The van der Waals surface area contributed by atoms with E-state index in [0.717, 1.165) is 50.1 Å². The third-order valence-corrected chi connectivity index (χ3v) is 5.32. The third-order valence-electron chi connectivity index (χ3n) is 5.32. The summed E-state index contributed by atoms with van der Waals surface area (Å²) in [6.07, 6.45) is 5.36. The van der Waals surface area contributed by atoms with Crippen LogP contribution < -0.4 is 0 Å². The highest BCUT2D eigenvalue weighted by Gasteiger charge is 2.45. The molecule has 3 heterocycles. The minimum Gasteiger partial charge on any atom is -0.378 e. The first-order chi connectivity index (χ1) is 10.7. The van der Waals surface area contributed by atoms with Crippen molar-refractivity contribution in [2.24, 2.45) is 11.8 Å². The third kappa shape index (κ3) is 2.76. The molecule has 3 aliphatic rings. The van der Waals surface area contributed by atoms with E-state index in [1.807, 2.05) is 11.8 Å². The van der Waals surface area contributed by atoms with Gasteiger partial charge in [-0.05, 0) is 44.4 Å². The van der Waals surface area contributed by atoms with Gasteiger partial charge in [0.25, 0.3) is 0 Å². The Hall–Kier alpha value is -1.43. The lowest BCUT2D eigenvalue weighted by molar-refractivity contribution is -0.132. The van der Waals surface area contributed by atoms with Crippen LogP contribution in [0.5, 0.6) is 0 Å². The molecular formula is C16H24N4O2. The van der Waals surface area contributed by atoms with Crippen LogP contribution in [0.4, 0.5) is 0 Å². The molecule has 1 saturated carbocycles. The number of hydrogen-bond acceptors (Lipinski definition) is 4. The molecule has 1 aromatic rings. The van der Waals surface area contributed by atoms with E-state index in [2.05, 4.69) is 15.2 Å². The van der Waals surface area contributed by atoms with Crippen molar-refractivity contribution in [1.82, 2.24) is 20.1 Å². The Balaban J connectivity index is 1.45. The number of aromatic amines is 1. The Bertz CT molecular complexity index is 548. The second-order valence-corrected chi connectivity index (χ2v) is 7.02. The first kappa shape index (κ1) is 14.2. The Morgan fingerprint density at radius 1 is 1.36 bits per heavy atom. The summed E-state index contributed by atoms with van der Waals surface area (Å²) in [5.74, 6) is 3.57. The van der Waals surface area contributed by atoms with Crippen LogP contribution in [-0.4, -0.2) is 51.8 Å². The van der Waals surface area contributed by atoms with Crippen LogP contribution in [0.15, 0.2) is 0 Å². The van der Waals surface area contributed by atoms with Crippen LogP contribution in [0.3, 0.4) is 0 Å². The van der Waals surface area contributed by atoms with E-state index in [4.69, 9.17) is 4.74 Å². The van der Waals surface area contributed by atoms with Crippen molar-refractivity contribution >= 4 is 5.91 Å². The van der Waals surface area contributed by atoms with E-state index in [9.17, 15) is 4.79 Å². The molecule has 0 aromatic carbocycles. The molecule has 3 atom stereocenters. The lowest BCUT2D eigenvalue weighted by Gasteiger charge is -2.18. The number of H-pyrrole nitrogens is 1. The quantitative estimate of drug-likeness (QED) is 0.918. The van der Waals surface area contributed by atoms with Gasteiger partial charge in [-0.1, -0.05) is 0 Å². The standard InChI is InChI=1S/C16H24N4O2/c1-10-17-16(19-18-10)14-9-20(8-13(14)11-4-5-11)15(21)7-12-3-2-6-22-12/h11-14H,2-9H2,1H3,(H,17,18,19)/t12?,13-,14+/m0/s1. The van der Waals surface area contributed by atoms with E-state index < -0.39 is 0 Å². The van der Waals surface area contributed by atoms with Crippen molar-refractivity contribution in [2.75, 3.05) is 19.7 Å². The maximum atomic E-state index is 12.6. The fourth-order valence-corrected chi connectivity index (χ4v) is 3.96. The van der Waals surface area contributed by atoms with E-state index in [0.29, 0.717) is 18.3 Å². The van der Waals surface area contributed by atoms with E-state index in [1.54, 1.807) is 0 Å². The smallest absolute Gasteiger partial charge is 0.225 e. The Morgan fingerprint density at radius 2 is 2.23 bits per heavy atom. The number of hydrogen-bond donors (Lipinski definition) is 1. The first-order valence-corrected chi connectivity index (χ1v) is 8.49. The Kier molecular flexibility index (Phi) is 3.64. The summed E-state index contributed by atoms with van der Waals surface area (Å²) in [5, 5.41) is 7.30. The lowest BCUT2D eigenvalue weighted by atomic mass is 9.91. The summed E-state index contributed by atoms with van der Waals surface area (Å²) >= 11 is 0. The predicted molar refractivity (Wildman–Crippen MR) is 80.2 cm³/mol. The number of rotatable bonds is 4. The summed E-state index contributed by atoms with van der Waals surface area (Å²) in [5.41, 5.74) is 0. The average molecular weight is 304 g/mol. The average Bonchev–Trinajstić information content (AvgIpc) is 2.93. The zero-order valence-electron chi connectivity index (χ0n) is 13.1. The number of aryl methyl sites for hydroxylation is 1. The number of likely N-dealkylation sites (tertiary alicyclic amines) is 1. The predicted octanol–water partition coefficient (Wildman–Crippen LogP) is 1.63. The minimum absolute atomic E-state index is 0.136. The first-order valence-electron chi connectivity index (χ1n) is 8.49. The molecule has 0 radical (unpaired) electrons. The molecule has 6 heteroatoms. The topological polar surface area (TPSA) is 71.1 Å². The van der Waals surface area contributed by atoms with Crippen molar-refractivity contribution in [3.63, 3.8) is 0 Å². The Labute approximate surface area is 130 Å². The number of nitrogens with zero attached hydrogens (tertiary/aromatic N) is 3. The van der Waals surface area contributed by atoms with Gasteiger partial charge >= 0.3 is 0 Å². The van der Waals surface area contributed by atoms with Crippen molar-refractivity contribution in [3.8, 4) is 0 Å². The molecule has 22 heavy (non-hydrogen) atoms. The van der Waals surface area contributed by atoms with E-state index in [-0.39, 0.29) is 12.0 Å². The van der Waals surface area contributed by atoms with Crippen molar-refractivity contribution in [3.05, 3.63) is 11.6 Å². The largest absolute Gasteiger partial charge is 0.378 e. The van der Waals surface area contributed by atoms with Gasteiger partial charge in [0, 0.05) is 25.6 Å². The maximum Gasteiger partial charge on any atom is 0.225 e. The number of carbonyl (C=O) groups excluding carboxylic acids is 1. The minimum atomic E-state index is 0.136. The normalized spacial score (nSPS) is 31.9. The van der Waals surface area contributed by atoms with Gasteiger partial charge in [0.15, 0.2) is 5.82 Å². The molecule has 1 aromatic heterocycles. The molecule has 6 nitrogen and oxygen atoms in total. The fourth-order valence-electron chi connectivity index (χ4n) is 3.96. The highest BCUT2D eigenvalue weighted by Crippen LogP contribution is 2.47. The monoisotopic (exact) mass is 304 g/mol. The second-order valence-electron chi connectivity index (χ2n) is 7.02.